The number of carbonyl (C=O) groups is 2. The molecule has 0 saturated carbocycles. The van der Waals surface area contributed by atoms with Crippen LogP contribution in [0.5, 0.6) is 5.75 Å². The first kappa shape index (κ1) is 19.4. The van der Waals surface area contributed by atoms with Gasteiger partial charge < -0.3 is 18.6 Å². The summed E-state index contributed by atoms with van der Waals surface area (Å²) < 4.78 is 13.6. The van der Waals surface area contributed by atoms with Gasteiger partial charge in [0.05, 0.1) is 31.8 Å². The second-order valence-corrected chi connectivity index (χ2v) is 6.26. The van der Waals surface area contributed by atoms with Gasteiger partial charge in [-0.1, -0.05) is 19.1 Å². The molecule has 0 N–H and O–H groups in total. The Bertz CT molecular complexity index is 1060. The molecule has 2 aromatic carbocycles. The molecule has 0 fully saturated rings. The second kappa shape index (κ2) is 8.56. The molecule has 0 unspecified atom stereocenters. The summed E-state index contributed by atoms with van der Waals surface area (Å²) in [6, 6.07) is 14.6. The van der Waals surface area contributed by atoms with Crippen LogP contribution in [-0.4, -0.2) is 35.2 Å². The molecule has 3 rings (SSSR count). The number of benzene rings is 2. The van der Waals surface area contributed by atoms with Crippen molar-refractivity contribution in [3.05, 3.63) is 59.7 Å². The molecule has 0 saturated heterocycles. The fourth-order valence-corrected chi connectivity index (χ4v) is 3.14. The number of Topliss-reactive ketones (excluding diaryl/α,β-unsaturated/α-hetero) is 1. The van der Waals surface area contributed by atoms with Gasteiger partial charge in [0, 0.05) is 12.1 Å². The van der Waals surface area contributed by atoms with Gasteiger partial charge in [0.25, 0.3) is 0 Å². The third kappa shape index (κ3) is 3.83. The van der Waals surface area contributed by atoms with Crippen LogP contribution in [0, 0.1) is 0 Å². The molecule has 1 heterocycles. The summed E-state index contributed by atoms with van der Waals surface area (Å²) >= 11 is 0. The molecule has 0 spiro atoms. The van der Waals surface area contributed by atoms with Gasteiger partial charge >= 0.3 is 6.09 Å². The van der Waals surface area contributed by atoms with Gasteiger partial charge in [-0.15, -0.1) is 4.99 Å². The van der Waals surface area contributed by atoms with Crippen molar-refractivity contribution in [1.29, 1.82) is 0 Å². The highest BCUT2D eigenvalue weighted by atomic mass is 16.5. The van der Waals surface area contributed by atoms with E-state index in [2.05, 4.69) is 4.99 Å². The van der Waals surface area contributed by atoms with Crippen molar-refractivity contribution in [2.75, 3.05) is 14.2 Å². The third-order valence-corrected chi connectivity index (χ3v) is 4.47. The minimum Gasteiger partial charge on any atom is -0.497 e. The van der Waals surface area contributed by atoms with Crippen molar-refractivity contribution >= 4 is 22.9 Å². The molecule has 28 heavy (non-hydrogen) atoms. The van der Waals surface area contributed by atoms with Gasteiger partial charge in [-0.05, 0) is 42.8 Å². The number of methoxy groups -OCH3 is 2. The van der Waals surface area contributed by atoms with E-state index in [4.69, 9.17) is 9.47 Å². The molecule has 0 radical (unpaired) electrons. The maximum atomic E-state index is 12.9. The van der Waals surface area contributed by atoms with Crippen molar-refractivity contribution in [3.8, 4) is 5.75 Å². The van der Waals surface area contributed by atoms with E-state index in [0.717, 1.165) is 17.5 Å². The van der Waals surface area contributed by atoms with Crippen LogP contribution in [0.1, 0.15) is 23.7 Å². The first-order chi connectivity index (χ1) is 13.6. The van der Waals surface area contributed by atoms with E-state index in [1.54, 1.807) is 35.9 Å². The monoisotopic (exact) mass is 381 g/mol. The Morgan fingerprint density at radius 3 is 2.18 bits per heavy atom. The lowest BCUT2D eigenvalue weighted by Gasteiger charge is -2.06. The van der Waals surface area contributed by atoms with Crippen LogP contribution in [0.4, 0.5) is 4.79 Å². The Morgan fingerprint density at radius 1 is 0.964 bits per heavy atom. The smallest absolute Gasteiger partial charge is 0.436 e. The van der Waals surface area contributed by atoms with Crippen LogP contribution in [-0.2, 0) is 17.8 Å². The number of hydrogen-bond acceptors (Lipinski definition) is 4. The Balaban J connectivity index is 2.12. The molecule has 7 nitrogen and oxygen atoms in total. The summed E-state index contributed by atoms with van der Waals surface area (Å²) in [7, 11) is 2.86. The molecule has 0 bridgehead atoms. The quantitative estimate of drug-likeness (QED) is 0.613. The molecule has 7 heteroatoms. The molecular formula is C21H23N3O4. The highest BCUT2D eigenvalue weighted by Crippen LogP contribution is 2.16. The van der Waals surface area contributed by atoms with Gasteiger partial charge in [0.2, 0.25) is 5.62 Å². The van der Waals surface area contributed by atoms with Crippen molar-refractivity contribution in [2.45, 2.75) is 26.4 Å². The number of fused-ring (bicyclic) bond motifs is 1. The Kier molecular flexibility index (Phi) is 5.93. The summed E-state index contributed by atoms with van der Waals surface area (Å²) in [6.45, 7) is 2.77. The van der Waals surface area contributed by atoms with Crippen molar-refractivity contribution in [3.63, 3.8) is 0 Å². The number of nitrogens with zero attached hydrogens (tertiary/aromatic N) is 3. The lowest BCUT2D eigenvalue weighted by molar-refractivity contribution is 0.0971. The molecular weight excluding hydrogens is 358 g/mol. The average Bonchev–Trinajstić information content (AvgIpc) is 3.01. The molecule has 1 amide bonds. The number of rotatable bonds is 6. The molecule has 3 aromatic rings. The topological polar surface area (TPSA) is 74.8 Å². The molecule has 0 atom stereocenters. The summed E-state index contributed by atoms with van der Waals surface area (Å²) in [5, 5.41) is 0. The number of hydrogen-bond donors (Lipinski definition) is 0. The van der Waals surface area contributed by atoms with E-state index in [1.165, 1.54) is 7.11 Å². The second-order valence-electron chi connectivity index (χ2n) is 6.26. The maximum absolute atomic E-state index is 12.9. The van der Waals surface area contributed by atoms with Crippen LogP contribution in [0.3, 0.4) is 0 Å². The summed E-state index contributed by atoms with van der Waals surface area (Å²) in [6.07, 6.45) is 0.153. The third-order valence-electron chi connectivity index (χ3n) is 4.47. The first-order valence-electron chi connectivity index (χ1n) is 9.07. The predicted molar refractivity (Wildman–Crippen MR) is 106 cm³/mol. The normalized spacial score (nSPS) is 11.6. The lowest BCUT2D eigenvalue weighted by Crippen LogP contribution is -2.30. The number of imidazole rings is 1. The SMILES string of the molecule is CCCn1/c(=N/C(=O)OC)n(CC(=O)c2ccc(OC)cc2)c2ccccc21. The largest absolute Gasteiger partial charge is 0.497 e. The number of aryl methyl sites for hydroxylation is 1. The van der Waals surface area contributed by atoms with Gasteiger partial charge in [0.15, 0.2) is 5.78 Å². The Labute approximate surface area is 162 Å². The number of para-hydroxylation sites is 2. The number of amides is 1. The van der Waals surface area contributed by atoms with Crippen LogP contribution in [0.25, 0.3) is 11.0 Å². The van der Waals surface area contributed by atoms with Crippen molar-refractivity contribution < 1.29 is 19.1 Å². The van der Waals surface area contributed by atoms with E-state index in [-0.39, 0.29) is 12.3 Å². The minimum absolute atomic E-state index is 0.0549. The van der Waals surface area contributed by atoms with Gasteiger partial charge in [-0.2, -0.15) is 0 Å². The average molecular weight is 381 g/mol. The van der Waals surface area contributed by atoms with Crippen LogP contribution in [0.2, 0.25) is 0 Å². The Hall–Kier alpha value is -3.35. The predicted octanol–water partition coefficient (Wildman–Crippen LogP) is 3.41. The molecule has 146 valence electrons. The van der Waals surface area contributed by atoms with E-state index in [0.29, 0.717) is 23.5 Å². The standard InChI is InChI=1S/C21H23N3O4/c1-4-13-23-17-7-5-6-8-18(17)24(20(23)22-21(26)28-3)14-19(25)15-9-11-16(27-2)12-10-15/h5-12H,4,13-14H2,1-3H3/b22-20-. The zero-order valence-electron chi connectivity index (χ0n) is 16.2. The molecule has 1 aromatic heterocycles. The summed E-state index contributed by atoms with van der Waals surface area (Å²) in [5.74, 6) is 0.596. The molecule has 0 aliphatic rings. The first-order valence-corrected chi connectivity index (χ1v) is 9.07. The molecule has 0 aliphatic carbocycles. The summed E-state index contributed by atoms with van der Waals surface area (Å²) in [5.41, 5.74) is 2.71. The zero-order chi connectivity index (χ0) is 20.1. The number of carbonyl (C=O) groups excluding carboxylic acids is 2. The lowest BCUT2D eigenvalue weighted by atomic mass is 10.1. The van der Waals surface area contributed by atoms with Gasteiger partial charge in [-0.3, -0.25) is 4.79 Å². The van der Waals surface area contributed by atoms with Crippen LogP contribution < -0.4 is 10.4 Å². The van der Waals surface area contributed by atoms with Gasteiger partial charge in [0.1, 0.15) is 5.75 Å². The fraction of sp³-hybridized carbons (Fsp3) is 0.286. The highest BCUT2D eigenvalue weighted by Gasteiger charge is 2.16. The maximum Gasteiger partial charge on any atom is 0.436 e. The fourth-order valence-electron chi connectivity index (χ4n) is 3.14. The number of aromatic nitrogens is 2. The molecule has 0 aliphatic heterocycles. The zero-order valence-corrected chi connectivity index (χ0v) is 16.2. The van der Waals surface area contributed by atoms with E-state index < -0.39 is 6.09 Å². The van der Waals surface area contributed by atoms with Crippen LogP contribution in [0.15, 0.2) is 53.5 Å². The minimum atomic E-state index is -0.703. The van der Waals surface area contributed by atoms with E-state index in [1.807, 2.05) is 35.8 Å². The highest BCUT2D eigenvalue weighted by molar-refractivity contribution is 5.96. The van der Waals surface area contributed by atoms with E-state index in [9.17, 15) is 9.59 Å². The van der Waals surface area contributed by atoms with Crippen LogP contribution >= 0.6 is 0 Å². The Morgan fingerprint density at radius 2 is 1.61 bits per heavy atom. The number of ketones is 1. The number of ether oxygens (including phenoxy) is 2. The van der Waals surface area contributed by atoms with E-state index >= 15 is 0 Å². The summed E-state index contributed by atoms with van der Waals surface area (Å²) in [4.78, 5) is 28.9. The van der Waals surface area contributed by atoms with Gasteiger partial charge in [-0.25, -0.2) is 4.79 Å². The van der Waals surface area contributed by atoms with Crippen molar-refractivity contribution in [2.24, 2.45) is 4.99 Å². The van der Waals surface area contributed by atoms with Crippen molar-refractivity contribution in [1.82, 2.24) is 9.13 Å².